The van der Waals surface area contributed by atoms with Gasteiger partial charge in [0, 0.05) is 11.6 Å². The molecular formula is C16H14Cl2O2. The smallest absolute Gasteiger partial charge is 0.123 e. The Kier molecular flexibility index (Phi) is 4.94. The largest absolute Gasteiger partial charge is 0.497 e. The van der Waals surface area contributed by atoms with Gasteiger partial charge in [-0.15, -0.1) is 0 Å². The van der Waals surface area contributed by atoms with Crippen molar-refractivity contribution in [1.82, 2.24) is 0 Å². The van der Waals surface area contributed by atoms with Crippen molar-refractivity contribution >= 4 is 33.3 Å². The molecule has 0 N–H and O–H groups in total. The van der Waals surface area contributed by atoms with Gasteiger partial charge in [0.1, 0.15) is 11.5 Å². The lowest BCUT2D eigenvalue weighted by Gasteiger charge is -2.09. The zero-order valence-corrected chi connectivity index (χ0v) is 12.7. The fourth-order valence-electron chi connectivity index (χ4n) is 1.77. The van der Waals surface area contributed by atoms with Crippen LogP contribution < -0.4 is 9.47 Å². The van der Waals surface area contributed by atoms with Crippen LogP contribution in [-0.4, -0.2) is 14.2 Å². The second-order valence-electron chi connectivity index (χ2n) is 4.10. The molecule has 0 spiro atoms. The quantitative estimate of drug-likeness (QED) is 0.739. The van der Waals surface area contributed by atoms with Gasteiger partial charge in [-0.25, -0.2) is 0 Å². The highest BCUT2D eigenvalue weighted by molar-refractivity contribution is 6.65. The zero-order chi connectivity index (χ0) is 14.5. The molecule has 0 aliphatic carbocycles. The SMILES string of the molecule is COc1cc(OC)cc(/C(Cl)=C(\Cl)c2ccccc2)c1. The van der Waals surface area contributed by atoms with E-state index in [0.717, 1.165) is 11.1 Å². The Morgan fingerprint density at radius 1 is 0.750 bits per heavy atom. The van der Waals surface area contributed by atoms with Gasteiger partial charge in [-0.05, 0) is 17.7 Å². The minimum atomic E-state index is 0.454. The van der Waals surface area contributed by atoms with Crippen LogP contribution >= 0.6 is 23.2 Å². The Balaban J connectivity index is 2.49. The second kappa shape index (κ2) is 6.69. The number of methoxy groups -OCH3 is 2. The maximum Gasteiger partial charge on any atom is 0.123 e. The molecule has 0 fully saturated rings. The van der Waals surface area contributed by atoms with Gasteiger partial charge in [0.2, 0.25) is 0 Å². The number of hydrogen-bond donors (Lipinski definition) is 0. The van der Waals surface area contributed by atoms with E-state index in [0.29, 0.717) is 21.6 Å². The van der Waals surface area contributed by atoms with Gasteiger partial charge in [-0.1, -0.05) is 53.5 Å². The van der Waals surface area contributed by atoms with Gasteiger partial charge in [-0.3, -0.25) is 0 Å². The van der Waals surface area contributed by atoms with E-state index in [1.165, 1.54) is 0 Å². The predicted molar refractivity (Wildman–Crippen MR) is 84.5 cm³/mol. The maximum atomic E-state index is 6.39. The summed E-state index contributed by atoms with van der Waals surface area (Å²) in [5.41, 5.74) is 1.61. The van der Waals surface area contributed by atoms with Crippen molar-refractivity contribution in [3.8, 4) is 11.5 Å². The first kappa shape index (κ1) is 14.8. The highest BCUT2D eigenvalue weighted by Crippen LogP contribution is 2.35. The molecule has 0 amide bonds. The summed E-state index contributed by atoms with van der Waals surface area (Å²) < 4.78 is 10.5. The average molecular weight is 309 g/mol. The van der Waals surface area contributed by atoms with E-state index in [-0.39, 0.29) is 0 Å². The summed E-state index contributed by atoms with van der Waals surface area (Å²) in [7, 11) is 3.18. The van der Waals surface area contributed by atoms with E-state index in [4.69, 9.17) is 32.7 Å². The molecule has 20 heavy (non-hydrogen) atoms. The molecule has 2 nitrogen and oxygen atoms in total. The van der Waals surface area contributed by atoms with Crippen molar-refractivity contribution in [2.75, 3.05) is 14.2 Å². The number of hydrogen-bond acceptors (Lipinski definition) is 2. The molecule has 0 aromatic heterocycles. The third kappa shape index (κ3) is 3.27. The van der Waals surface area contributed by atoms with Crippen LogP contribution in [0.2, 0.25) is 0 Å². The summed E-state index contributed by atoms with van der Waals surface area (Å²) in [5.74, 6) is 1.32. The van der Waals surface area contributed by atoms with E-state index in [9.17, 15) is 0 Å². The van der Waals surface area contributed by atoms with E-state index >= 15 is 0 Å². The first-order valence-corrected chi connectivity index (χ1v) is 6.75. The Morgan fingerprint density at radius 3 is 1.75 bits per heavy atom. The third-order valence-electron chi connectivity index (χ3n) is 2.82. The van der Waals surface area contributed by atoms with Gasteiger partial charge in [0.15, 0.2) is 0 Å². The van der Waals surface area contributed by atoms with Gasteiger partial charge in [-0.2, -0.15) is 0 Å². The minimum absolute atomic E-state index is 0.454. The summed E-state index contributed by atoms with van der Waals surface area (Å²) in [6, 6.07) is 15.0. The molecule has 0 heterocycles. The molecule has 0 unspecified atom stereocenters. The van der Waals surface area contributed by atoms with E-state index in [1.54, 1.807) is 20.3 Å². The monoisotopic (exact) mass is 308 g/mol. The Bertz CT molecular complexity index is 599. The standard InChI is InChI=1S/C16H14Cl2O2/c1-19-13-8-12(9-14(10-13)20-2)16(18)15(17)11-6-4-3-5-7-11/h3-10H,1-2H3/b16-15+. The average Bonchev–Trinajstić information content (AvgIpc) is 2.53. The highest BCUT2D eigenvalue weighted by atomic mass is 35.5. The van der Waals surface area contributed by atoms with E-state index < -0.39 is 0 Å². The summed E-state index contributed by atoms with van der Waals surface area (Å²) in [4.78, 5) is 0. The fraction of sp³-hybridized carbons (Fsp3) is 0.125. The maximum absolute atomic E-state index is 6.39. The first-order chi connectivity index (χ1) is 9.65. The number of ether oxygens (including phenoxy) is 2. The molecule has 104 valence electrons. The van der Waals surface area contributed by atoms with Crippen LogP contribution in [-0.2, 0) is 0 Å². The fourth-order valence-corrected chi connectivity index (χ4v) is 2.23. The number of rotatable bonds is 4. The first-order valence-electron chi connectivity index (χ1n) is 6.00. The molecule has 0 saturated carbocycles. The molecule has 0 aliphatic heterocycles. The van der Waals surface area contributed by atoms with Gasteiger partial charge in [0.25, 0.3) is 0 Å². The van der Waals surface area contributed by atoms with Crippen molar-refractivity contribution in [3.63, 3.8) is 0 Å². The second-order valence-corrected chi connectivity index (χ2v) is 4.85. The summed E-state index contributed by atoms with van der Waals surface area (Å²) in [6.07, 6.45) is 0. The normalized spacial score (nSPS) is 11.8. The topological polar surface area (TPSA) is 18.5 Å². The lowest BCUT2D eigenvalue weighted by Crippen LogP contribution is -1.90. The Morgan fingerprint density at radius 2 is 1.25 bits per heavy atom. The van der Waals surface area contributed by atoms with E-state index in [2.05, 4.69) is 0 Å². The van der Waals surface area contributed by atoms with Gasteiger partial charge in [0.05, 0.1) is 24.3 Å². The van der Waals surface area contributed by atoms with Crippen LogP contribution in [0.25, 0.3) is 10.1 Å². The third-order valence-corrected chi connectivity index (χ3v) is 3.74. The van der Waals surface area contributed by atoms with Crippen molar-refractivity contribution in [2.45, 2.75) is 0 Å². The van der Waals surface area contributed by atoms with Crippen molar-refractivity contribution in [3.05, 3.63) is 59.7 Å². The molecule has 0 saturated heterocycles. The van der Waals surface area contributed by atoms with Crippen molar-refractivity contribution in [1.29, 1.82) is 0 Å². The lowest BCUT2D eigenvalue weighted by molar-refractivity contribution is 0.394. The molecule has 0 aliphatic rings. The number of halogens is 2. The van der Waals surface area contributed by atoms with Crippen LogP contribution in [0.4, 0.5) is 0 Å². The Labute approximate surface area is 128 Å². The van der Waals surface area contributed by atoms with Crippen LogP contribution in [0.5, 0.6) is 11.5 Å². The van der Waals surface area contributed by atoms with Gasteiger partial charge < -0.3 is 9.47 Å². The number of benzene rings is 2. The molecule has 2 aromatic carbocycles. The molecule has 4 heteroatoms. The highest BCUT2D eigenvalue weighted by Gasteiger charge is 2.10. The van der Waals surface area contributed by atoms with Crippen LogP contribution in [0.15, 0.2) is 48.5 Å². The predicted octanol–water partition coefficient (Wildman–Crippen LogP) is 5.01. The molecule has 0 bridgehead atoms. The van der Waals surface area contributed by atoms with Crippen LogP contribution in [0.3, 0.4) is 0 Å². The minimum Gasteiger partial charge on any atom is -0.497 e. The molecule has 0 atom stereocenters. The van der Waals surface area contributed by atoms with Crippen LogP contribution in [0.1, 0.15) is 11.1 Å². The molecule has 0 radical (unpaired) electrons. The summed E-state index contributed by atoms with van der Waals surface area (Å²) in [5, 5.41) is 0.942. The van der Waals surface area contributed by atoms with E-state index in [1.807, 2.05) is 42.5 Å². The summed E-state index contributed by atoms with van der Waals surface area (Å²) in [6.45, 7) is 0. The molecular weight excluding hydrogens is 295 g/mol. The molecule has 2 rings (SSSR count). The lowest BCUT2D eigenvalue weighted by atomic mass is 10.1. The van der Waals surface area contributed by atoms with Crippen molar-refractivity contribution < 1.29 is 9.47 Å². The summed E-state index contributed by atoms with van der Waals surface area (Å²) >= 11 is 12.7. The molecule has 2 aromatic rings. The van der Waals surface area contributed by atoms with Crippen LogP contribution in [0, 0.1) is 0 Å². The Hall–Kier alpha value is -1.64. The van der Waals surface area contributed by atoms with Gasteiger partial charge >= 0.3 is 0 Å². The zero-order valence-electron chi connectivity index (χ0n) is 11.2. The van der Waals surface area contributed by atoms with Crippen molar-refractivity contribution in [2.24, 2.45) is 0 Å².